The van der Waals surface area contributed by atoms with E-state index < -0.39 is 0 Å². The fraction of sp³-hybridized carbons (Fsp3) is 0.769. The highest BCUT2D eigenvalue weighted by Crippen LogP contribution is 2.22. The highest BCUT2D eigenvalue weighted by molar-refractivity contribution is 5.38. The molecule has 2 atom stereocenters. The fourth-order valence-electron chi connectivity index (χ4n) is 2.18. The number of nitrogens with two attached hydrogens (primary N) is 1. The minimum absolute atomic E-state index is 0.00441. The molecule has 0 radical (unpaired) electrons. The molecule has 0 amide bonds. The van der Waals surface area contributed by atoms with Crippen LogP contribution in [0.4, 0.5) is 11.9 Å². The van der Waals surface area contributed by atoms with Crippen LogP contribution in [-0.2, 0) is 4.74 Å². The van der Waals surface area contributed by atoms with Crippen LogP contribution in [0.3, 0.4) is 0 Å². The molecule has 0 aliphatic carbocycles. The standard InChI is InChI=1S/C13H23N5O2/c1-5-10-7-19-9(4)6-18(10)12-15-11(14)16-13(17-12)20-8(2)3/h8-10H,5-7H2,1-4H3,(H2,14,15,16,17). The molecule has 2 unspecified atom stereocenters. The Labute approximate surface area is 119 Å². The van der Waals surface area contributed by atoms with Crippen molar-refractivity contribution >= 4 is 11.9 Å². The smallest absolute Gasteiger partial charge is 0.323 e. The van der Waals surface area contributed by atoms with Crippen molar-refractivity contribution in [3.8, 4) is 6.01 Å². The molecule has 7 nitrogen and oxygen atoms in total. The summed E-state index contributed by atoms with van der Waals surface area (Å²) in [6.07, 6.45) is 1.10. The first-order valence-corrected chi connectivity index (χ1v) is 7.06. The second-order valence-corrected chi connectivity index (χ2v) is 5.30. The summed E-state index contributed by atoms with van der Waals surface area (Å²) in [7, 11) is 0. The highest BCUT2D eigenvalue weighted by Gasteiger charge is 2.28. The lowest BCUT2D eigenvalue weighted by Crippen LogP contribution is -2.49. The molecule has 1 fully saturated rings. The summed E-state index contributed by atoms with van der Waals surface area (Å²) in [4.78, 5) is 14.8. The molecule has 20 heavy (non-hydrogen) atoms. The first-order chi connectivity index (χ1) is 9.49. The van der Waals surface area contributed by atoms with Crippen LogP contribution >= 0.6 is 0 Å². The molecule has 0 aromatic carbocycles. The lowest BCUT2D eigenvalue weighted by atomic mass is 10.1. The molecule has 2 N–H and O–H groups in total. The third-order valence-corrected chi connectivity index (χ3v) is 3.16. The Balaban J connectivity index is 2.27. The predicted octanol–water partition coefficient (Wildman–Crippen LogP) is 1.24. The van der Waals surface area contributed by atoms with Crippen molar-refractivity contribution in [1.82, 2.24) is 15.0 Å². The normalized spacial score (nSPS) is 23.1. The number of aromatic nitrogens is 3. The second-order valence-electron chi connectivity index (χ2n) is 5.30. The summed E-state index contributed by atoms with van der Waals surface area (Å²) in [5, 5.41) is 0. The van der Waals surface area contributed by atoms with Crippen molar-refractivity contribution in [2.75, 3.05) is 23.8 Å². The van der Waals surface area contributed by atoms with E-state index in [0.29, 0.717) is 12.6 Å². The average Bonchev–Trinajstić information content (AvgIpc) is 2.37. The summed E-state index contributed by atoms with van der Waals surface area (Å²) in [5.74, 6) is 0.745. The largest absolute Gasteiger partial charge is 0.461 e. The Bertz CT molecular complexity index is 454. The molecule has 0 bridgehead atoms. The molecule has 7 heteroatoms. The van der Waals surface area contributed by atoms with Crippen molar-refractivity contribution in [3.63, 3.8) is 0 Å². The molecule has 1 aromatic heterocycles. The maximum Gasteiger partial charge on any atom is 0.323 e. The summed E-state index contributed by atoms with van der Waals surface area (Å²) < 4.78 is 11.2. The van der Waals surface area contributed by atoms with Crippen LogP contribution in [-0.4, -0.2) is 46.4 Å². The summed E-state index contributed by atoms with van der Waals surface area (Å²) in [5.41, 5.74) is 5.76. The van der Waals surface area contributed by atoms with Crippen molar-refractivity contribution in [2.45, 2.75) is 52.4 Å². The number of nitrogen functional groups attached to an aromatic ring is 1. The van der Waals surface area contributed by atoms with E-state index in [4.69, 9.17) is 15.2 Å². The van der Waals surface area contributed by atoms with E-state index in [1.54, 1.807) is 0 Å². The molecule has 0 saturated carbocycles. The molecule has 2 rings (SSSR count). The predicted molar refractivity (Wildman–Crippen MR) is 76.8 cm³/mol. The van der Waals surface area contributed by atoms with Crippen molar-refractivity contribution in [3.05, 3.63) is 0 Å². The van der Waals surface area contributed by atoms with Crippen LogP contribution in [0.15, 0.2) is 0 Å². The lowest BCUT2D eigenvalue weighted by molar-refractivity contribution is 0.0291. The Kier molecular flexibility index (Phi) is 4.59. The van der Waals surface area contributed by atoms with Crippen LogP contribution in [0.25, 0.3) is 0 Å². The number of hydrogen-bond acceptors (Lipinski definition) is 7. The van der Waals surface area contributed by atoms with Crippen LogP contribution in [0.2, 0.25) is 0 Å². The van der Waals surface area contributed by atoms with E-state index in [1.165, 1.54) is 0 Å². The first-order valence-electron chi connectivity index (χ1n) is 7.06. The minimum Gasteiger partial charge on any atom is -0.461 e. The van der Waals surface area contributed by atoms with Crippen molar-refractivity contribution in [2.24, 2.45) is 0 Å². The van der Waals surface area contributed by atoms with Gasteiger partial charge in [0, 0.05) is 6.54 Å². The second kappa shape index (κ2) is 6.21. The van der Waals surface area contributed by atoms with E-state index in [2.05, 4.69) is 26.8 Å². The van der Waals surface area contributed by atoms with Gasteiger partial charge in [-0.2, -0.15) is 15.0 Å². The van der Waals surface area contributed by atoms with Gasteiger partial charge < -0.3 is 20.1 Å². The van der Waals surface area contributed by atoms with Crippen LogP contribution in [0.5, 0.6) is 6.01 Å². The van der Waals surface area contributed by atoms with Crippen LogP contribution in [0, 0.1) is 0 Å². The average molecular weight is 281 g/mol. The monoisotopic (exact) mass is 281 g/mol. The van der Waals surface area contributed by atoms with E-state index in [-0.39, 0.29) is 30.2 Å². The molecule has 1 saturated heterocycles. The minimum atomic E-state index is -0.00441. The molecule has 1 aliphatic heterocycles. The van der Waals surface area contributed by atoms with Gasteiger partial charge in [-0.15, -0.1) is 0 Å². The Morgan fingerprint density at radius 3 is 2.80 bits per heavy atom. The number of morpholine rings is 1. The topological polar surface area (TPSA) is 86.4 Å². The van der Waals surface area contributed by atoms with Gasteiger partial charge in [0.25, 0.3) is 0 Å². The number of rotatable bonds is 4. The van der Waals surface area contributed by atoms with Crippen LogP contribution < -0.4 is 15.4 Å². The highest BCUT2D eigenvalue weighted by atomic mass is 16.5. The summed E-state index contributed by atoms with van der Waals surface area (Å²) in [6.45, 7) is 9.41. The van der Waals surface area contributed by atoms with Gasteiger partial charge in [0.2, 0.25) is 11.9 Å². The van der Waals surface area contributed by atoms with E-state index in [1.807, 2.05) is 20.8 Å². The van der Waals surface area contributed by atoms with Gasteiger partial charge in [-0.25, -0.2) is 0 Å². The zero-order valence-electron chi connectivity index (χ0n) is 12.5. The Morgan fingerprint density at radius 2 is 2.15 bits per heavy atom. The third kappa shape index (κ3) is 3.47. The number of ether oxygens (including phenoxy) is 2. The van der Waals surface area contributed by atoms with Gasteiger partial charge in [0.05, 0.1) is 24.9 Å². The van der Waals surface area contributed by atoms with Gasteiger partial charge >= 0.3 is 6.01 Å². The quantitative estimate of drug-likeness (QED) is 0.888. The Morgan fingerprint density at radius 1 is 1.40 bits per heavy atom. The summed E-state index contributed by atoms with van der Waals surface area (Å²) >= 11 is 0. The zero-order chi connectivity index (χ0) is 14.7. The molecular weight excluding hydrogens is 258 g/mol. The zero-order valence-corrected chi connectivity index (χ0v) is 12.5. The van der Waals surface area contributed by atoms with Gasteiger partial charge in [0.15, 0.2) is 0 Å². The Hall–Kier alpha value is -1.63. The van der Waals surface area contributed by atoms with Crippen molar-refractivity contribution < 1.29 is 9.47 Å². The maximum absolute atomic E-state index is 5.76. The van der Waals surface area contributed by atoms with Gasteiger partial charge in [-0.05, 0) is 27.2 Å². The number of anilines is 2. The summed E-state index contributed by atoms with van der Waals surface area (Å²) in [6, 6.07) is 0.524. The number of hydrogen-bond donors (Lipinski definition) is 1. The van der Waals surface area contributed by atoms with E-state index in [9.17, 15) is 0 Å². The third-order valence-electron chi connectivity index (χ3n) is 3.16. The SMILES string of the molecule is CCC1COC(C)CN1c1nc(N)nc(OC(C)C)n1. The molecule has 1 aliphatic rings. The maximum atomic E-state index is 5.76. The van der Waals surface area contributed by atoms with Gasteiger partial charge in [-0.1, -0.05) is 6.92 Å². The van der Waals surface area contributed by atoms with Crippen LogP contribution in [0.1, 0.15) is 34.1 Å². The van der Waals surface area contributed by atoms with E-state index in [0.717, 1.165) is 13.0 Å². The molecule has 2 heterocycles. The van der Waals surface area contributed by atoms with Gasteiger partial charge in [0.1, 0.15) is 0 Å². The molecule has 112 valence electrons. The van der Waals surface area contributed by atoms with Gasteiger partial charge in [-0.3, -0.25) is 0 Å². The fourth-order valence-corrected chi connectivity index (χ4v) is 2.18. The first kappa shape index (κ1) is 14.8. The van der Waals surface area contributed by atoms with E-state index >= 15 is 0 Å². The number of nitrogens with zero attached hydrogens (tertiary/aromatic N) is 4. The molecule has 1 aromatic rings. The lowest BCUT2D eigenvalue weighted by Gasteiger charge is -2.38. The van der Waals surface area contributed by atoms with Crippen molar-refractivity contribution in [1.29, 1.82) is 0 Å². The molecule has 0 spiro atoms. The molecular formula is C13H23N5O2.